The van der Waals surface area contributed by atoms with Crippen molar-refractivity contribution < 1.29 is 14.7 Å². The van der Waals surface area contributed by atoms with Crippen molar-refractivity contribution in [3.8, 4) is 0 Å². The Hall–Kier alpha value is -1.30. The van der Waals surface area contributed by atoms with Crippen LogP contribution in [0.2, 0.25) is 0 Å². The van der Waals surface area contributed by atoms with Crippen LogP contribution in [0, 0.1) is 5.92 Å². The molecule has 4 N–H and O–H groups in total. The van der Waals surface area contributed by atoms with Gasteiger partial charge in [0.15, 0.2) is 0 Å². The minimum absolute atomic E-state index is 0.134. The predicted octanol–water partition coefficient (Wildman–Crippen LogP) is 0.537. The molecule has 1 atom stereocenters. The van der Waals surface area contributed by atoms with Gasteiger partial charge in [-0.2, -0.15) is 0 Å². The lowest BCUT2D eigenvalue weighted by Gasteiger charge is -2.18. The zero-order chi connectivity index (χ0) is 13.5. The molecule has 1 fully saturated rings. The summed E-state index contributed by atoms with van der Waals surface area (Å²) in [5.74, 6) is -1.14. The minimum Gasteiger partial charge on any atom is -0.480 e. The molecule has 2 amide bonds. The number of hydrogen-bond donors (Lipinski definition) is 4. The molecule has 104 valence electrons. The highest BCUT2D eigenvalue weighted by molar-refractivity contribution is 5.82. The molecule has 1 aliphatic rings. The van der Waals surface area contributed by atoms with E-state index in [9.17, 15) is 9.59 Å². The first-order chi connectivity index (χ1) is 8.50. The van der Waals surface area contributed by atoms with Gasteiger partial charge in [-0.25, -0.2) is 9.59 Å². The Labute approximate surface area is 108 Å². The molecule has 6 heteroatoms. The second-order valence-electron chi connectivity index (χ2n) is 5.04. The summed E-state index contributed by atoms with van der Waals surface area (Å²) < 4.78 is 0. The maximum atomic E-state index is 11.5. The van der Waals surface area contributed by atoms with Crippen LogP contribution < -0.4 is 16.0 Å². The average Bonchev–Trinajstić information content (AvgIpc) is 3.08. The number of urea groups is 1. The molecule has 0 radical (unpaired) electrons. The van der Waals surface area contributed by atoms with E-state index in [1.807, 2.05) is 0 Å². The smallest absolute Gasteiger partial charge is 0.326 e. The van der Waals surface area contributed by atoms with E-state index in [1.54, 1.807) is 13.8 Å². The van der Waals surface area contributed by atoms with Gasteiger partial charge < -0.3 is 21.1 Å². The first-order valence-electron chi connectivity index (χ1n) is 6.51. The van der Waals surface area contributed by atoms with Gasteiger partial charge in [-0.05, 0) is 31.7 Å². The summed E-state index contributed by atoms with van der Waals surface area (Å²) in [7, 11) is 0. The molecule has 0 bridgehead atoms. The van der Waals surface area contributed by atoms with Crippen LogP contribution in [0.25, 0.3) is 0 Å². The van der Waals surface area contributed by atoms with E-state index < -0.39 is 18.0 Å². The molecular formula is C12H23N3O3. The van der Waals surface area contributed by atoms with Crippen molar-refractivity contribution in [3.05, 3.63) is 0 Å². The number of carboxylic acid groups (broad SMARTS) is 1. The highest BCUT2D eigenvalue weighted by Gasteiger charge is 2.23. The monoisotopic (exact) mass is 257 g/mol. The molecule has 0 unspecified atom stereocenters. The van der Waals surface area contributed by atoms with Crippen LogP contribution in [0.1, 0.15) is 33.1 Å². The summed E-state index contributed by atoms with van der Waals surface area (Å²) in [5.41, 5.74) is 0. The Bertz CT molecular complexity index is 290. The fourth-order valence-corrected chi connectivity index (χ4v) is 1.59. The Morgan fingerprint density at radius 2 is 1.94 bits per heavy atom. The van der Waals surface area contributed by atoms with Gasteiger partial charge in [0.2, 0.25) is 0 Å². The lowest BCUT2D eigenvalue weighted by Crippen LogP contribution is -2.48. The Balaban J connectivity index is 2.08. The molecule has 0 aromatic rings. The molecular weight excluding hydrogens is 234 g/mol. The number of aliphatic carboxylic acids is 1. The lowest BCUT2D eigenvalue weighted by molar-refractivity contribution is -0.140. The maximum Gasteiger partial charge on any atom is 0.326 e. The Morgan fingerprint density at radius 3 is 2.44 bits per heavy atom. The van der Waals surface area contributed by atoms with E-state index in [0.717, 1.165) is 13.0 Å². The summed E-state index contributed by atoms with van der Waals surface area (Å²) in [5, 5.41) is 17.4. The van der Waals surface area contributed by atoms with Crippen molar-refractivity contribution in [2.75, 3.05) is 13.1 Å². The molecule has 6 nitrogen and oxygen atoms in total. The first-order valence-corrected chi connectivity index (χ1v) is 6.51. The number of amides is 2. The first kappa shape index (κ1) is 14.8. The molecule has 1 rings (SSSR count). The van der Waals surface area contributed by atoms with Crippen LogP contribution >= 0.6 is 0 Å². The average molecular weight is 257 g/mol. The highest BCUT2D eigenvalue weighted by atomic mass is 16.4. The van der Waals surface area contributed by atoms with Gasteiger partial charge in [0, 0.05) is 12.6 Å². The molecule has 0 aromatic heterocycles. The minimum atomic E-state index is -1.00. The van der Waals surface area contributed by atoms with E-state index in [2.05, 4.69) is 16.0 Å². The van der Waals surface area contributed by atoms with Crippen molar-refractivity contribution in [1.82, 2.24) is 16.0 Å². The molecule has 0 aliphatic heterocycles. The third-order valence-electron chi connectivity index (χ3n) is 2.87. The zero-order valence-electron chi connectivity index (χ0n) is 11.0. The van der Waals surface area contributed by atoms with E-state index in [0.29, 0.717) is 12.6 Å². The van der Waals surface area contributed by atoms with Crippen LogP contribution in [-0.2, 0) is 4.79 Å². The molecule has 18 heavy (non-hydrogen) atoms. The second kappa shape index (κ2) is 7.20. The van der Waals surface area contributed by atoms with Crippen molar-refractivity contribution in [2.24, 2.45) is 5.92 Å². The largest absolute Gasteiger partial charge is 0.480 e. The Morgan fingerprint density at radius 1 is 1.28 bits per heavy atom. The molecule has 1 aliphatic carbocycles. The topological polar surface area (TPSA) is 90.5 Å². The zero-order valence-corrected chi connectivity index (χ0v) is 11.0. The fourth-order valence-electron chi connectivity index (χ4n) is 1.59. The van der Waals surface area contributed by atoms with E-state index >= 15 is 0 Å². The molecule has 1 saturated carbocycles. The summed E-state index contributed by atoms with van der Waals surface area (Å²) in [6.45, 7) is 4.96. The van der Waals surface area contributed by atoms with E-state index in [4.69, 9.17) is 5.11 Å². The van der Waals surface area contributed by atoms with E-state index in [-0.39, 0.29) is 5.92 Å². The number of rotatable bonds is 8. The molecule has 0 heterocycles. The van der Waals surface area contributed by atoms with Gasteiger partial charge >= 0.3 is 12.0 Å². The number of carbonyl (C=O) groups excluding carboxylic acids is 1. The second-order valence-corrected chi connectivity index (χ2v) is 5.04. The quantitative estimate of drug-likeness (QED) is 0.478. The van der Waals surface area contributed by atoms with Gasteiger partial charge in [0.05, 0.1) is 0 Å². The van der Waals surface area contributed by atoms with E-state index in [1.165, 1.54) is 12.8 Å². The predicted molar refractivity (Wildman–Crippen MR) is 68.4 cm³/mol. The molecule has 0 aromatic carbocycles. The maximum absolute atomic E-state index is 11.5. The summed E-state index contributed by atoms with van der Waals surface area (Å²) in [4.78, 5) is 22.3. The Kier molecular flexibility index (Phi) is 5.91. The third kappa shape index (κ3) is 5.86. The molecule has 0 saturated heterocycles. The summed E-state index contributed by atoms with van der Waals surface area (Å²) in [6.07, 6.45) is 3.36. The summed E-state index contributed by atoms with van der Waals surface area (Å²) in [6, 6.07) is -0.576. The number of carbonyl (C=O) groups is 2. The van der Waals surface area contributed by atoms with Crippen molar-refractivity contribution in [2.45, 2.75) is 45.2 Å². The number of hydrogen-bond acceptors (Lipinski definition) is 3. The van der Waals surface area contributed by atoms with Crippen LogP contribution in [0.5, 0.6) is 0 Å². The van der Waals surface area contributed by atoms with Crippen molar-refractivity contribution >= 4 is 12.0 Å². The van der Waals surface area contributed by atoms with Crippen LogP contribution in [0.3, 0.4) is 0 Å². The van der Waals surface area contributed by atoms with Crippen LogP contribution in [0.15, 0.2) is 0 Å². The van der Waals surface area contributed by atoms with Crippen LogP contribution in [-0.4, -0.2) is 42.3 Å². The van der Waals surface area contributed by atoms with Gasteiger partial charge in [-0.15, -0.1) is 0 Å². The third-order valence-corrected chi connectivity index (χ3v) is 2.87. The standard InChI is InChI=1S/C12H23N3O3/c1-8(2)10(11(16)17)15-12(18)14-7-3-6-13-9-4-5-9/h8-10,13H,3-7H2,1-2H3,(H,16,17)(H2,14,15,18)/t10-/m0/s1. The number of nitrogens with one attached hydrogen (secondary N) is 3. The number of carboxylic acids is 1. The van der Waals surface area contributed by atoms with Gasteiger partial charge in [0.25, 0.3) is 0 Å². The van der Waals surface area contributed by atoms with Gasteiger partial charge in [0.1, 0.15) is 6.04 Å². The lowest BCUT2D eigenvalue weighted by atomic mass is 10.1. The molecule has 0 spiro atoms. The van der Waals surface area contributed by atoms with Crippen molar-refractivity contribution in [1.29, 1.82) is 0 Å². The fraction of sp³-hybridized carbons (Fsp3) is 0.833. The normalized spacial score (nSPS) is 16.4. The van der Waals surface area contributed by atoms with Crippen LogP contribution in [0.4, 0.5) is 4.79 Å². The van der Waals surface area contributed by atoms with Crippen molar-refractivity contribution in [3.63, 3.8) is 0 Å². The van der Waals surface area contributed by atoms with Gasteiger partial charge in [-0.1, -0.05) is 13.8 Å². The SMILES string of the molecule is CC(C)[C@H](NC(=O)NCCCNC1CC1)C(=O)O. The highest BCUT2D eigenvalue weighted by Crippen LogP contribution is 2.18. The van der Waals surface area contributed by atoms with Gasteiger partial charge in [-0.3, -0.25) is 0 Å². The summed E-state index contributed by atoms with van der Waals surface area (Å²) >= 11 is 0.